The quantitative estimate of drug-likeness (QED) is 0.803. The largest absolute Gasteiger partial charge is 0.351 e. The van der Waals surface area contributed by atoms with Crippen molar-refractivity contribution in [2.75, 3.05) is 35.7 Å². The van der Waals surface area contributed by atoms with Crippen LogP contribution in [0, 0.1) is 18.7 Å². The summed E-state index contributed by atoms with van der Waals surface area (Å²) in [6.45, 7) is 3.27. The van der Waals surface area contributed by atoms with E-state index in [1.54, 1.807) is 6.07 Å². The predicted molar refractivity (Wildman–Crippen MR) is 110 cm³/mol. The van der Waals surface area contributed by atoms with Crippen molar-refractivity contribution in [1.82, 2.24) is 14.9 Å². The number of likely N-dealkylation sites (N-methyl/N-ethyl adjacent to an activating group) is 1. The second kappa shape index (κ2) is 6.93. The van der Waals surface area contributed by atoms with E-state index in [9.17, 15) is 14.0 Å². The third-order valence-corrected chi connectivity index (χ3v) is 6.07. The number of nitrogens with one attached hydrogen (secondary N) is 2. The molecular weight excluding hydrogens is 387 g/mol. The number of carbonyl (C=O) groups excluding carboxylic acids is 2. The molecule has 0 saturated heterocycles. The van der Waals surface area contributed by atoms with Gasteiger partial charge in [0.15, 0.2) is 5.82 Å². The molecule has 0 atom stereocenters. The summed E-state index contributed by atoms with van der Waals surface area (Å²) in [5.41, 5.74) is 2.77. The molecule has 156 valence electrons. The van der Waals surface area contributed by atoms with E-state index in [1.807, 2.05) is 23.8 Å². The first-order valence-electron chi connectivity index (χ1n) is 10.1. The molecule has 5 rings (SSSR count). The lowest BCUT2D eigenvalue weighted by atomic mass is 9.80. The molecule has 3 aliphatic rings. The lowest BCUT2D eigenvalue weighted by Crippen LogP contribution is -2.43. The Bertz CT molecular complexity index is 1050. The van der Waals surface area contributed by atoms with Gasteiger partial charge in [-0.15, -0.1) is 0 Å². The molecule has 2 amide bonds. The number of benzene rings is 1. The van der Waals surface area contributed by atoms with E-state index in [4.69, 9.17) is 0 Å². The maximum Gasteiger partial charge on any atom is 0.254 e. The molecule has 1 saturated carbocycles. The van der Waals surface area contributed by atoms with E-state index in [0.717, 1.165) is 24.1 Å². The van der Waals surface area contributed by atoms with Crippen LogP contribution in [-0.4, -0.2) is 52.9 Å². The zero-order valence-electron chi connectivity index (χ0n) is 16.9. The van der Waals surface area contributed by atoms with Gasteiger partial charge in [-0.05, 0) is 49.4 Å². The molecule has 30 heavy (non-hydrogen) atoms. The van der Waals surface area contributed by atoms with E-state index >= 15 is 0 Å². The fourth-order valence-corrected chi connectivity index (χ4v) is 4.51. The Morgan fingerprint density at radius 1 is 1.23 bits per heavy atom. The highest BCUT2D eigenvalue weighted by Gasteiger charge is 2.35. The summed E-state index contributed by atoms with van der Waals surface area (Å²) >= 11 is 0. The number of nitrogens with zero attached hydrogens (tertiary/aromatic N) is 4. The van der Waals surface area contributed by atoms with Gasteiger partial charge in [0, 0.05) is 31.7 Å². The van der Waals surface area contributed by atoms with Crippen LogP contribution in [0.15, 0.2) is 18.2 Å². The van der Waals surface area contributed by atoms with Gasteiger partial charge >= 0.3 is 0 Å². The number of hydrogen-bond acceptors (Lipinski definition) is 6. The molecule has 0 bridgehead atoms. The van der Waals surface area contributed by atoms with Crippen LogP contribution in [0.2, 0.25) is 0 Å². The first kappa shape index (κ1) is 18.8. The Morgan fingerprint density at radius 3 is 2.83 bits per heavy atom. The third kappa shape index (κ3) is 3.24. The Morgan fingerprint density at radius 2 is 2.03 bits per heavy atom. The first-order chi connectivity index (χ1) is 14.4. The van der Waals surface area contributed by atoms with Crippen molar-refractivity contribution in [3.8, 4) is 0 Å². The highest BCUT2D eigenvalue weighted by Crippen LogP contribution is 2.35. The molecule has 8 nitrogen and oxygen atoms in total. The number of fused-ring (bicyclic) bond motifs is 2. The Kier molecular flexibility index (Phi) is 4.34. The number of rotatable bonds is 4. The van der Waals surface area contributed by atoms with Crippen molar-refractivity contribution >= 4 is 29.3 Å². The Labute approximate surface area is 173 Å². The van der Waals surface area contributed by atoms with Gasteiger partial charge in [-0.1, -0.05) is 0 Å². The SMILES string of the molecule is Cc1nc(N[C@H]2C[C@@H](CN3Cc4cc(F)ccc4C3=O)C2)nc2c1NC(=O)CN2C. The lowest BCUT2D eigenvalue weighted by Gasteiger charge is -2.38. The number of carbonyl (C=O) groups is 2. The minimum absolute atomic E-state index is 0.0138. The maximum atomic E-state index is 13.4. The van der Waals surface area contributed by atoms with Crippen LogP contribution in [-0.2, 0) is 11.3 Å². The average molecular weight is 410 g/mol. The molecule has 3 heterocycles. The van der Waals surface area contributed by atoms with Crippen LogP contribution in [0.4, 0.5) is 21.8 Å². The lowest BCUT2D eigenvalue weighted by molar-refractivity contribution is -0.115. The molecular formula is C21H23FN6O2. The molecule has 2 N–H and O–H groups in total. The normalized spacial score (nSPS) is 22.4. The monoisotopic (exact) mass is 410 g/mol. The van der Waals surface area contributed by atoms with E-state index in [-0.39, 0.29) is 30.2 Å². The number of hydrogen-bond donors (Lipinski definition) is 2. The summed E-state index contributed by atoms with van der Waals surface area (Å²) < 4.78 is 13.4. The molecule has 1 aromatic heterocycles. The predicted octanol–water partition coefficient (Wildman–Crippen LogP) is 2.16. The van der Waals surface area contributed by atoms with Crippen molar-refractivity contribution in [2.45, 2.75) is 32.4 Å². The van der Waals surface area contributed by atoms with Crippen LogP contribution in [0.25, 0.3) is 0 Å². The van der Waals surface area contributed by atoms with E-state index in [2.05, 4.69) is 20.6 Å². The minimum atomic E-state index is -0.304. The van der Waals surface area contributed by atoms with Gasteiger partial charge in [0.1, 0.15) is 11.5 Å². The number of amides is 2. The number of aromatic nitrogens is 2. The smallest absolute Gasteiger partial charge is 0.254 e. The maximum absolute atomic E-state index is 13.4. The zero-order valence-corrected chi connectivity index (χ0v) is 16.9. The first-order valence-corrected chi connectivity index (χ1v) is 10.1. The summed E-state index contributed by atoms with van der Waals surface area (Å²) in [6.07, 6.45) is 1.83. The summed E-state index contributed by atoms with van der Waals surface area (Å²) in [4.78, 5) is 36.9. The van der Waals surface area contributed by atoms with Crippen LogP contribution < -0.4 is 15.5 Å². The number of aryl methyl sites for hydroxylation is 1. The Hall–Kier alpha value is -3.23. The average Bonchev–Trinajstić information content (AvgIpc) is 2.96. The molecule has 0 unspecified atom stereocenters. The van der Waals surface area contributed by atoms with Gasteiger partial charge in [0.05, 0.1) is 12.2 Å². The van der Waals surface area contributed by atoms with E-state index in [0.29, 0.717) is 42.0 Å². The van der Waals surface area contributed by atoms with Crippen molar-refractivity contribution in [3.05, 3.63) is 40.8 Å². The third-order valence-electron chi connectivity index (χ3n) is 6.07. The van der Waals surface area contributed by atoms with E-state index < -0.39 is 0 Å². The van der Waals surface area contributed by atoms with Gasteiger partial charge < -0.3 is 20.4 Å². The van der Waals surface area contributed by atoms with Gasteiger partial charge in [0.2, 0.25) is 11.9 Å². The Balaban J connectivity index is 1.19. The topological polar surface area (TPSA) is 90.5 Å². The molecule has 2 aliphatic heterocycles. The molecule has 0 spiro atoms. The molecule has 2 aromatic rings. The van der Waals surface area contributed by atoms with Crippen molar-refractivity contribution < 1.29 is 14.0 Å². The summed E-state index contributed by atoms with van der Waals surface area (Å²) in [7, 11) is 1.84. The fraction of sp³-hybridized carbons (Fsp3) is 0.429. The molecule has 1 aromatic carbocycles. The summed E-state index contributed by atoms with van der Waals surface area (Å²) in [6, 6.07) is 4.61. The highest BCUT2D eigenvalue weighted by molar-refractivity contribution is 6.01. The van der Waals surface area contributed by atoms with Crippen LogP contribution >= 0.6 is 0 Å². The molecule has 1 aliphatic carbocycles. The van der Waals surface area contributed by atoms with E-state index in [1.165, 1.54) is 12.1 Å². The minimum Gasteiger partial charge on any atom is -0.351 e. The van der Waals surface area contributed by atoms with Crippen molar-refractivity contribution in [3.63, 3.8) is 0 Å². The van der Waals surface area contributed by atoms with Gasteiger partial charge in [-0.3, -0.25) is 9.59 Å². The van der Waals surface area contributed by atoms with Crippen molar-refractivity contribution in [1.29, 1.82) is 0 Å². The molecule has 1 fully saturated rings. The highest BCUT2D eigenvalue weighted by atomic mass is 19.1. The fourth-order valence-electron chi connectivity index (χ4n) is 4.51. The summed E-state index contributed by atoms with van der Waals surface area (Å²) in [5.74, 6) is 1.28. The molecule has 0 radical (unpaired) electrons. The van der Waals surface area contributed by atoms with Gasteiger partial charge in [0.25, 0.3) is 5.91 Å². The number of anilines is 3. The second-order valence-corrected chi connectivity index (χ2v) is 8.40. The van der Waals surface area contributed by atoms with Crippen LogP contribution in [0.3, 0.4) is 0 Å². The molecule has 9 heteroatoms. The summed E-state index contributed by atoms with van der Waals surface area (Å²) in [5, 5.41) is 6.21. The van der Waals surface area contributed by atoms with Gasteiger partial charge in [-0.2, -0.15) is 4.98 Å². The van der Waals surface area contributed by atoms with Crippen LogP contribution in [0.5, 0.6) is 0 Å². The standard InChI is InChI=1S/C21H23FN6O2/c1-11-18-19(27(2)10-17(29)25-18)26-21(23-11)24-15-5-12(6-15)8-28-9-13-7-14(22)3-4-16(13)20(28)30/h3-4,7,12,15H,5-6,8-10H2,1-2H3,(H,25,29)(H,23,24,26)/t12-,15+. The second-order valence-electron chi connectivity index (χ2n) is 8.40. The van der Waals surface area contributed by atoms with Crippen LogP contribution in [0.1, 0.15) is 34.5 Å². The number of halogens is 1. The van der Waals surface area contributed by atoms with Crippen molar-refractivity contribution in [2.24, 2.45) is 5.92 Å². The van der Waals surface area contributed by atoms with Gasteiger partial charge in [-0.25, -0.2) is 9.37 Å². The zero-order chi connectivity index (χ0) is 21.0.